The van der Waals surface area contributed by atoms with Crippen LogP contribution in [0.1, 0.15) is 16.1 Å². The molecule has 0 radical (unpaired) electrons. The Balaban J connectivity index is 1.66. The van der Waals surface area contributed by atoms with E-state index in [-0.39, 0.29) is 22.0 Å². The molecule has 0 saturated carbocycles. The first-order chi connectivity index (χ1) is 14.8. The molecule has 2 amide bonds. The van der Waals surface area contributed by atoms with Crippen molar-refractivity contribution in [2.45, 2.75) is 0 Å². The molecule has 2 heterocycles. The first-order valence-corrected chi connectivity index (χ1v) is 9.73. The summed E-state index contributed by atoms with van der Waals surface area (Å²) in [5, 5.41) is 12.1. The number of halogens is 1. The van der Waals surface area contributed by atoms with Gasteiger partial charge in [-0.2, -0.15) is 0 Å². The predicted molar refractivity (Wildman–Crippen MR) is 119 cm³/mol. The van der Waals surface area contributed by atoms with E-state index in [9.17, 15) is 14.4 Å². The summed E-state index contributed by atoms with van der Waals surface area (Å²) >= 11 is 11.1. The second kappa shape index (κ2) is 8.17. The zero-order valence-electron chi connectivity index (χ0n) is 15.7. The molecule has 0 bridgehead atoms. The van der Waals surface area contributed by atoms with E-state index < -0.39 is 17.8 Å². The maximum absolute atomic E-state index is 13.0. The number of anilines is 1. The highest BCUT2D eigenvalue weighted by molar-refractivity contribution is 7.80. The van der Waals surface area contributed by atoms with Gasteiger partial charge in [0, 0.05) is 10.6 Å². The number of rotatable bonds is 4. The van der Waals surface area contributed by atoms with Crippen LogP contribution in [0.3, 0.4) is 0 Å². The number of carbonyl (C=O) groups excluding carboxylic acids is 2. The summed E-state index contributed by atoms with van der Waals surface area (Å²) in [6, 6.07) is 15.9. The second-order valence-electron chi connectivity index (χ2n) is 6.52. The van der Waals surface area contributed by atoms with Crippen molar-refractivity contribution in [1.29, 1.82) is 0 Å². The highest BCUT2D eigenvalue weighted by atomic mass is 35.5. The molecule has 4 rings (SSSR count). The van der Waals surface area contributed by atoms with E-state index in [4.69, 9.17) is 33.3 Å². The van der Waals surface area contributed by atoms with Gasteiger partial charge in [-0.25, -0.2) is 4.79 Å². The van der Waals surface area contributed by atoms with Crippen molar-refractivity contribution in [3.05, 3.63) is 82.6 Å². The van der Waals surface area contributed by atoms with E-state index >= 15 is 0 Å². The van der Waals surface area contributed by atoms with Crippen LogP contribution in [0.25, 0.3) is 17.4 Å². The van der Waals surface area contributed by atoms with E-state index in [1.165, 1.54) is 23.1 Å². The summed E-state index contributed by atoms with van der Waals surface area (Å²) in [5.74, 6) is -1.67. The molecule has 154 valence electrons. The number of furan rings is 1. The minimum absolute atomic E-state index is 0.0416. The molecular formula is C22H13ClN2O5S. The van der Waals surface area contributed by atoms with Crippen LogP contribution in [0.2, 0.25) is 5.02 Å². The summed E-state index contributed by atoms with van der Waals surface area (Å²) in [6.07, 6.45) is 1.31. The first kappa shape index (κ1) is 20.5. The lowest BCUT2D eigenvalue weighted by atomic mass is 10.1. The van der Waals surface area contributed by atoms with Gasteiger partial charge >= 0.3 is 5.97 Å². The van der Waals surface area contributed by atoms with Crippen molar-refractivity contribution in [2.24, 2.45) is 0 Å². The summed E-state index contributed by atoms with van der Waals surface area (Å²) in [4.78, 5) is 37.8. The van der Waals surface area contributed by atoms with Gasteiger partial charge in [-0.15, -0.1) is 0 Å². The van der Waals surface area contributed by atoms with Crippen LogP contribution in [0.15, 0.2) is 70.7 Å². The minimum Gasteiger partial charge on any atom is -0.478 e. The number of carbonyl (C=O) groups is 3. The van der Waals surface area contributed by atoms with E-state index in [2.05, 4.69) is 5.32 Å². The van der Waals surface area contributed by atoms with E-state index in [1.807, 2.05) is 0 Å². The summed E-state index contributed by atoms with van der Waals surface area (Å²) in [7, 11) is 0. The number of hydrogen-bond acceptors (Lipinski definition) is 5. The van der Waals surface area contributed by atoms with Crippen molar-refractivity contribution in [1.82, 2.24) is 5.32 Å². The zero-order chi connectivity index (χ0) is 22.1. The van der Waals surface area contributed by atoms with Crippen LogP contribution in [-0.2, 0) is 9.59 Å². The number of aromatic carboxylic acids is 1. The third-order valence-electron chi connectivity index (χ3n) is 4.49. The van der Waals surface area contributed by atoms with Gasteiger partial charge < -0.3 is 9.52 Å². The molecule has 7 nitrogen and oxygen atoms in total. The highest BCUT2D eigenvalue weighted by Crippen LogP contribution is 2.27. The lowest BCUT2D eigenvalue weighted by Crippen LogP contribution is -2.54. The van der Waals surface area contributed by atoms with E-state index in [0.717, 1.165) is 0 Å². The molecule has 31 heavy (non-hydrogen) atoms. The minimum atomic E-state index is -1.06. The lowest BCUT2D eigenvalue weighted by Gasteiger charge is -2.28. The first-order valence-electron chi connectivity index (χ1n) is 8.94. The Morgan fingerprint density at radius 2 is 1.84 bits per heavy atom. The third-order valence-corrected chi connectivity index (χ3v) is 5.03. The number of nitrogens with zero attached hydrogens (tertiary/aromatic N) is 1. The Morgan fingerprint density at radius 1 is 1.10 bits per heavy atom. The average Bonchev–Trinajstić information content (AvgIpc) is 3.21. The Morgan fingerprint density at radius 3 is 2.55 bits per heavy atom. The monoisotopic (exact) mass is 452 g/mol. The zero-order valence-corrected chi connectivity index (χ0v) is 17.2. The number of amides is 2. The van der Waals surface area contributed by atoms with Gasteiger partial charge in [0.2, 0.25) is 0 Å². The maximum atomic E-state index is 13.0. The molecule has 3 aromatic rings. The predicted octanol–water partition coefficient (Wildman–Crippen LogP) is 4.13. The topological polar surface area (TPSA) is 99.9 Å². The highest BCUT2D eigenvalue weighted by Gasteiger charge is 2.34. The number of thiocarbonyl (C=S) groups is 1. The van der Waals surface area contributed by atoms with Crippen molar-refractivity contribution in [3.8, 4) is 11.3 Å². The number of carboxylic acid groups (broad SMARTS) is 1. The number of hydrogen-bond donors (Lipinski definition) is 2. The molecular weight excluding hydrogens is 440 g/mol. The fourth-order valence-corrected chi connectivity index (χ4v) is 3.42. The Labute approximate surface area is 186 Å². The molecule has 1 aliphatic rings. The van der Waals surface area contributed by atoms with Crippen molar-refractivity contribution < 1.29 is 23.9 Å². The molecule has 9 heteroatoms. The molecule has 0 aliphatic carbocycles. The Hall–Kier alpha value is -3.75. The molecule has 1 fully saturated rings. The van der Waals surface area contributed by atoms with Gasteiger partial charge in [0.1, 0.15) is 17.1 Å². The molecule has 0 unspecified atom stereocenters. The second-order valence-corrected chi connectivity index (χ2v) is 7.35. The van der Waals surface area contributed by atoms with Crippen LogP contribution in [0.4, 0.5) is 5.69 Å². The average molecular weight is 453 g/mol. The fraction of sp³-hybridized carbons (Fsp3) is 0. The summed E-state index contributed by atoms with van der Waals surface area (Å²) in [6.45, 7) is 0. The summed E-state index contributed by atoms with van der Waals surface area (Å²) in [5.41, 5.74) is 0.954. The van der Waals surface area contributed by atoms with Gasteiger partial charge in [-0.05, 0) is 66.8 Å². The van der Waals surface area contributed by atoms with Crippen molar-refractivity contribution in [2.75, 3.05) is 4.90 Å². The molecule has 2 N–H and O–H groups in total. The van der Waals surface area contributed by atoms with Crippen molar-refractivity contribution in [3.63, 3.8) is 0 Å². The number of nitrogens with one attached hydrogen (secondary N) is 1. The van der Waals surface area contributed by atoms with E-state index in [0.29, 0.717) is 22.0 Å². The van der Waals surface area contributed by atoms with Gasteiger partial charge in [0.15, 0.2) is 5.11 Å². The number of benzene rings is 2. The van der Waals surface area contributed by atoms with Crippen LogP contribution in [0.5, 0.6) is 0 Å². The van der Waals surface area contributed by atoms with Gasteiger partial charge in [0.25, 0.3) is 11.8 Å². The van der Waals surface area contributed by atoms with Crippen molar-refractivity contribution >= 4 is 58.5 Å². The normalized spacial score (nSPS) is 15.3. The fourth-order valence-electron chi connectivity index (χ4n) is 3.02. The lowest BCUT2D eigenvalue weighted by molar-refractivity contribution is -0.122. The molecule has 1 aliphatic heterocycles. The third kappa shape index (κ3) is 4.11. The van der Waals surface area contributed by atoms with Crippen LogP contribution in [0, 0.1) is 0 Å². The van der Waals surface area contributed by atoms with Gasteiger partial charge in [-0.1, -0.05) is 23.7 Å². The maximum Gasteiger partial charge on any atom is 0.335 e. The van der Waals surface area contributed by atoms with Gasteiger partial charge in [0.05, 0.1) is 11.3 Å². The molecule has 2 aromatic carbocycles. The molecule has 0 atom stereocenters. The Kier molecular flexibility index (Phi) is 5.41. The SMILES string of the molecule is O=C1NC(=S)N(c2ccc(Cl)cc2)C(=O)C1=Cc1ccc(-c2cccc(C(=O)O)c2)o1. The standard InChI is InChI=1S/C22H13ClN2O5S/c23-14-4-6-15(7-5-14)25-20(27)17(19(26)24-22(25)31)11-16-8-9-18(30-16)12-2-1-3-13(10-12)21(28)29/h1-11H,(H,28,29)(H,24,26,31). The Bertz CT molecular complexity index is 1260. The smallest absolute Gasteiger partial charge is 0.335 e. The van der Waals surface area contributed by atoms with Gasteiger partial charge in [-0.3, -0.25) is 19.8 Å². The molecule has 1 saturated heterocycles. The van der Waals surface area contributed by atoms with Crippen LogP contribution < -0.4 is 10.2 Å². The van der Waals surface area contributed by atoms with Crippen LogP contribution in [-0.4, -0.2) is 28.0 Å². The van der Waals surface area contributed by atoms with E-state index in [1.54, 1.807) is 48.5 Å². The quantitative estimate of drug-likeness (QED) is 0.351. The number of carboxylic acids is 1. The largest absolute Gasteiger partial charge is 0.478 e. The molecule has 0 spiro atoms. The summed E-state index contributed by atoms with van der Waals surface area (Å²) < 4.78 is 5.72. The van der Waals surface area contributed by atoms with Crippen LogP contribution >= 0.6 is 23.8 Å². The molecule has 1 aromatic heterocycles.